The molecule has 1 aromatic heterocycles. The second-order valence-corrected chi connectivity index (χ2v) is 8.52. The summed E-state index contributed by atoms with van der Waals surface area (Å²) < 4.78 is 14.3. The van der Waals surface area contributed by atoms with E-state index in [1.54, 1.807) is 4.57 Å². The Bertz CT molecular complexity index is 1190. The van der Waals surface area contributed by atoms with Crippen LogP contribution in [0.5, 0.6) is 0 Å². The van der Waals surface area contributed by atoms with Gasteiger partial charge in [-0.1, -0.05) is 31.9 Å². The lowest BCUT2D eigenvalue weighted by Gasteiger charge is -2.13. The van der Waals surface area contributed by atoms with Gasteiger partial charge in [-0.15, -0.1) is 0 Å². The molecule has 154 valence electrons. The summed E-state index contributed by atoms with van der Waals surface area (Å²) in [6, 6.07) is 11.4. The van der Waals surface area contributed by atoms with Gasteiger partial charge in [0.15, 0.2) is 12.1 Å². The van der Waals surface area contributed by atoms with Crippen molar-refractivity contribution in [3.63, 3.8) is 0 Å². The van der Waals surface area contributed by atoms with Gasteiger partial charge in [0.05, 0.1) is 48.9 Å². The van der Waals surface area contributed by atoms with Gasteiger partial charge < -0.3 is 14.0 Å². The molecule has 0 bridgehead atoms. The van der Waals surface area contributed by atoms with Crippen LogP contribution in [0.3, 0.4) is 0 Å². The van der Waals surface area contributed by atoms with Crippen LogP contribution in [-0.4, -0.2) is 41.1 Å². The van der Waals surface area contributed by atoms with Crippen molar-refractivity contribution >= 4 is 60.6 Å². The van der Waals surface area contributed by atoms with Crippen LogP contribution in [0.4, 0.5) is 5.69 Å². The van der Waals surface area contributed by atoms with E-state index in [9.17, 15) is 9.59 Å². The molecule has 2 aliphatic rings. The number of benzene rings is 2. The number of hydrogen-bond acceptors (Lipinski definition) is 6. The van der Waals surface area contributed by atoms with E-state index in [1.165, 1.54) is 12.4 Å². The van der Waals surface area contributed by atoms with Crippen molar-refractivity contribution in [1.29, 1.82) is 0 Å². The molecule has 0 saturated carbocycles. The lowest BCUT2D eigenvalue weighted by molar-refractivity contribution is -0.112. The van der Waals surface area contributed by atoms with Gasteiger partial charge in [-0.2, -0.15) is 0 Å². The summed E-state index contributed by atoms with van der Waals surface area (Å²) in [5.74, 6) is 0.0700. The topological polar surface area (TPSA) is 82.8 Å². The fraction of sp³-hybridized carbons (Fsp3) is 0.238. The molecule has 1 saturated heterocycles. The van der Waals surface area contributed by atoms with Crippen molar-refractivity contribution in [2.45, 2.75) is 19.3 Å². The van der Waals surface area contributed by atoms with E-state index < -0.39 is 0 Å². The Hall–Kier alpha value is -2.20. The Labute approximate surface area is 189 Å². The van der Waals surface area contributed by atoms with Gasteiger partial charge in [0, 0.05) is 15.4 Å². The fourth-order valence-corrected chi connectivity index (χ4v) is 3.94. The fourth-order valence-electron chi connectivity index (χ4n) is 3.18. The molecule has 1 fully saturated rings. The molecule has 0 unspecified atom stereocenters. The number of Topliss-reactive ketones (excluding diaryl/α,β-unsaturated/α-hetero) is 1. The van der Waals surface area contributed by atoms with E-state index in [2.05, 4.69) is 41.8 Å². The number of fused-ring (bicyclic) bond motifs is 2. The van der Waals surface area contributed by atoms with E-state index in [4.69, 9.17) is 9.47 Å². The largest absolute Gasteiger partial charge is 0.348 e. The Kier molecular flexibility index (Phi) is 6.52. The minimum Gasteiger partial charge on any atom is -0.348 e. The molecule has 0 spiro atoms. The summed E-state index contributed by atoms with van der Waals surface area (Å²) in [6.07, 6.45) is 2.83. The highest BCUT2D eigenvalue weighted by Gasteiger charge is 2.18. The summed E-state index contributed by atoms with van der Waals surface area (Å²) in [4.78, 5) is 31.0. The van der Waals surface area contributed by atoms with E-state index in [1.807, 2.05) is 36.4 Å². The Morgan fingerprint density at radius 3 is 2.57 bits per heavy atom. The van der Waals surface area contributed by atoms with E-state index in [0.717, 1.165) is 31.2 Å². The maximum absolute atomic E-state index is 11.9. The van der Waals surface area contributed by atoms with Crippen LogP contribution >= 0.6 is 31.9 Å². The highest BCUT2D eigenvalue weighted by Crippen LogP contribution is 2.26. The molecule has 0 atom stereocenters. The molecule has 0 amide bonds. The van der Waals surface area contributed by atoms with Gasteiger partial charge in [0.1, 0.15) is 0 Å². The van der Waals surface area contributed by atoms with Gasteiger partial charge >= 0.3 is 0 Å². The molecule has 3 aromatic rings. The maximum Gasteiger partial charge on any atom is 0.269 e. The number of aliphatic imine (C=N–C) groups is 1. The van der Waals surface area contributed by atoms with Crippen LogP contribution in [0, 0.1) is 0 Å². The molecular weight excluding hydrogens is 518 g/mol. The van der Waals surface area contributed by atoms with Crippen molar-refractivity contribution in [3.05, 3.63) is 67.5 Å². The van der Waals surface area contributed by atoms with E-state index in [0.29, 0.717) is 26.2 Å². The third kappa shape index (κ3) is 4.92. The monoisotopic (exact) mass is 533 g/mol. The first-order valence-electron chi connectivity index (χ1n) is 9.23. The van der Waals surface area contributed by atoms with Crippen molar-refractivity contribution < 1.29 is 14.3 Å². The average molecular weight is 535 g/mol. The van der Waals surface area contributed by atoms with Gasteiger partial charge in [0.2, 0.25) is 0 Å². The predicted octanol–water partition coefficient (Wildman–Crippen LogP) is 3.81. The number of hydrogen-bond donors (Lipinski definition) is 0. The van der Waals surface area contributed by atoms with Gasteiger partial charge in [-0.25, -0.2) is 4.98 Å². The lowest BCUT2D eigenvalue weighted by Crippen LogP contribution is -2.27. The van der Waals surface area contributed by atoms with E-state index in [-0.39, 0.29) is 17.6 Å². The molecule has 30 heavy (non-hydrogen) atoms. The number of rotatable bonds is 2. The highest BCUT2D eigenvalue weighted by molar-refractivity contribution is 9.10. The summed E-state index contributed by atoms with van der Waals surface area (Å²) in [5, 5.41) is 0. The quantitative estimate of drug-likeness (QED) is 0.499. The van der Waals surface area contributed by atoms with Crippen molar-refractivity contribution in [1.82, 2.24) is 9.55 Å². The molecule has 5 rings (SSSR count). The summed E-state index contributed by atoms with van der Waals surface area (Å²) in [5.41, 5.74) is 3.29. The number of ether oxygens (including phenoxy) is 2. The molecule has 2 aromatic carbocycles. The molecule has 0 aliphatic carbocycles. The van der Waals surface area contributed by atoms with Crippen molar-refractivity contribution in [2.24, 2.45) is 4.99 Å². The van der Waals surface area contributed by atoms with Crippen LogP contribution in [0.2, 0.25) is 0 Å². The minimum atomic E-state index is -0.354. The molecule has 9 heteroatoms. The number of ketones is 1. The smallest absolute Gasteiger partial charge is 0.269 e. The number of carbonyl (C=O) groups excluding carboxylic acids is 1. The molecule has 7 nitrogen and oxygen atoms in total. The first-order valence-corrected chi connectivity index (χ1v) is 10.8. The Morgan fingerprint density at radius 2 is 1.77 bits per heavy atom. The first-order chi connectivity index (χ1) is 14.5. The number of carbonyl (C=O) groups is 1. The SMILES string of the molecule is O=C1C=Nc2ccc(Br)cc2C1.O=c1cnc2ccc(Br)cc2n1CC1OCCO1. The third-order valence-corrected chi connectivity index (χ3v) is 5.57. The van der Waals surface area contributed by atoms with Crippen LogP contribution in [0.1, 0.15) is 5.56 Å². The minimum absolute atomic E-state index is 0.0700. The third-order valence-electron chi connectivity index (χ3n) is 4.58. The summed E-state index contributed by atoms with van der Waals surface area (Å²) in [6.45, 7) is 1.53. The van der Waals surface area contributed by atoms with Crippen LogP contribution in [0.25, 0.3) is 11.0 Å². The van der Waals surface area contributed by atoms with Gasteiger partial charge in [-0.3, -0.25) is 14.6 Å². The molecule has 0 N–H and O–H groups in total. The predicted molar refractivity (Wildman–Crippen MR) is 120 cm³/mol. The van der Waals surface area contributed by atoms with Gasteiger partial charge in [0.25, 0.3) is 5.56 Å². The molecule has 2 aliphatic heterocycles. The highest BCUT2D eigenvalue weighted by atomic mass is 79.9. The zero-order valence-corrected chi connectivity index (χ0v) is 18.9. The Morgan fingerprint density at radius 1 is 1.03 bits per heavy atom. The number of nitrogens with zero attached hydrogens (tertiary/aromatic N) is 3. The number of aromatic nitrogens is 2. The molecule has 3 heterocycles. The zero-order chi connectivity index (χ0) is 21.1. The summed E-state index contributed by atoms with van der Waals surface area (Å²) in [7, 11) is 0. The first kappa shape index (κ1) is 21.0. The normalized spacial score (nSPS) is 15.7. The standard InChI is InChI=1S/C12H11BrN2O3.C9H6BrNO/c13-8-1-2-9-10(5-8)15(11(16)6-14-9)7-12-17-3-4-18-12;10-7-1-2-9-6(3-7)4-8(12)5-11-9/h1-2,5-6,12H,3-4,7H2;1-3,5H,4H2. The summed E-state index contributed by atoms with van der Waals surface area (Å²) >= 11 is 6.75. The van der Waals surface area contributed by atoms with Crippen LogP contribution in [0.15, 0.2) is 61.3 Å². The maximum atomic E-state index is 11.9. The number of halogens is 2. The van der Waals surface area contributed by atoms with Gasteiger partial charge in [-0.05, 0) is 42.0 Å². The average Bonchev–Trinajstić information content (AvgIpc) is 3.24. The van der Waals surface area contributed by atoms with Crippen LogP contribution < -0.4 is 5.56 Å². The molecular formula is C21H17Br2N3O4. The second kappa shape index (κ2) is 9.30. The van der Waals surface area contributed by atoms with Crippen molar-refractivity contribution in [2.75, 3.05) is 13.2 Å². The molecule has 0 radical (unpaired) electrons. The van der Waals surface area contributed by atoms with Crippen LogP contribution in [-0.2, 0) is 27.2 Å². The van der Waals surface area contributed by atoms with E-state index >= 15 is 0 Å². The lowest BCUT2D eigenvalue weighted by atomic mass is 10.1. The van der Waals surface area contributed by atoms with Crippen molar-refractivity contribution in [3.8, 4) is 0 Å². The second-order valence-electron chi connectivity index (χ2n) is 6.69. The Balaban J connectivity index is 0.000000158. The zero-order valence-electron chi connectivity index (χ0n) is 15.8.